The van der Waals surface area contributed by atoms with E-state index in [9.17, 15) is 0 Å². The van der Waals surface area contributed by atoms with Gasteiger partial charge in [-0.05, 0) is 37.6 Å². The summed E-state index contributed by atoms with van der Waals surface area (Å²) in [7, 11) is 0. The summed E-state index contributed by atoms with van der Waals surface area (Å²) in [4.78, 5) is 0. The number of rotatable bonds is 3. The van der Waals surface area contributed by atoms with Crippen molar-refractivity contribution in [1.82, 2.24) is 10.6 Å². The molecule has 1 fully saturated rings. The molecule has 0 radical (unpaired) electrons. The molecular formula is C15H22N2O. The van der Waals surface area contributed by atoms with Gasteiger partial charge in [0, 0.05) is 24.1 Å². The minimum absolute atomic E-state index is 0.333. The topological polar surface area (TPSA) is 33.3 Å². The SMILES string of the molecule is CC1(COc2cccc3c2CNC3)CCNCC1. The second-order valence-electron chi connectivity index (χ2n) is 5.85. The molecule has 3 nitrogen and oxygen atoms in total. The number of nitrogens with one attached hydrogen (secondary N) is 2. The average molecular weight is 246 g/mol. The van der Waals surface area contributed by atoms with Crippen molar-refractivity contribution in [2.45, 2.75) is 32.9 Å². The first-order chi connectivity index (χ1) is 8.77. The third kappa shape index (κ3) is 2.38. The van der Waals surface area contributed by atoms with Crippen LogP contribution in [0.4, 0.5) is 0 Å². The van der Waals surface area contributed by atoms with E-state index in [-0.39, 0.29) is 0 Å². The van der Waals surface area contributed by atoms with Gasteiger partial charge in [-0.25, -0.2) is 0 Å². The summed E-state index contributed by atoms with van der Waals surface area (Å²) in [6, 6.07) is 6.40. The van der Waals surface area contributed by atoms with Crippen LogP contribution in [0.25, 0.3) is 0 Å². The zero-order chi connectivity index (χ0) is 12.4. The van der Waals surface area contributed by atoms with Crippen molar-refractivity contribution < 1.29 is 4.74 Å². The maximum absolute atomic E-state index is 6.12. The van der Waals surface area contributed by atoms with Crippen LogP contribution in [-0.4, -0.2) is 19.7 Å². The molecule has 0 aliphatic carbocycles. The predicted molar refractivity (Wildman–Crippen MR) is 72.7 cm³/mol. The second kappa shape index (κ2) is 4.90. The molecule has 1 saturated heterocycles. The molecule has 2 heterocycles. The molecular weight excluding hydrogens is 224 g/mol. The van der Waals surface area contributed by atoms with Crippen molar-refractivity contribution in [1.29, 1.82) is 0 Å². The molecule has 0 amide bonds. The molecule has 0 atom stereocenters. The second-order valence-corrected chi connectivity index (χ2v) is 5.85. The molecule has 2 aliphatic rings. The molecule has 1 aromatic carbocycles. The number of ether oxygens (including phenoxy) is 1. The Morgan fingerprint density at radius 3 is 2.83 bits per heavy atom. The Kier molecular flexibility index (Phi) is 3.27. The Morgan fingerprint density at radius 1 is 1.17 bits per heavy atom. The van der Waals surface area contributed by atoms with Crippen LogP contribution >= 0.6 is 0 Å². The molecule has 0 saturated carbocycles. The maximum atomic E-state index is 6.12. The summed E-state index contributed by atoms with van der Waals surface area (Å²) >= 11 is 0. The quantitative estimate of drug-likeness (QED) is 0.856. The first-order valence-corrected chi connectivity index (χ1v) is 6.92. The standard InChI is InChI=1S/C15H22N2O/c1-15(5-7-16-8-6-15)11-18-14-4-2-3-12-9-17-10-13(12)14/h2-4,16-17H,5-11H2,1H3. The molecule has 2 N–H and O–H groups in total. The van der Waals surface area contributed by atoms with E-state index in [1.54, 1.807) is 0 Å². The molecule has 2 aliphatic heterocycles. The van der Waals surface area contributed by atoms with Gasteiger partial charge in [0.15, 0.2) is 0 Å². The Hall–Kier alpha value is -1.06. The monoisotopic (exact) mass is 246 g/mol. The van der Waals surface area contributed by atoms with Crippen LogP contribution < -0.4 is 15.4 Å². The van der Waals surface area contributed by atoms with Gasteiger partial charge in [0.25, 0.3) is 0 Å². The summed E-state index contributed by atoms with van der Waals surface area (Å²) in [5, 5.41) is 6.80. The van der Waals surface area contributed by atoms with Gasteiger partial charge >= 0.3 is 0 Å². The van der Waals surface area contributed by atoms with Crippen LogP contribution in [0.15, 0.2) is 18.2 Å². The Balaban J connectivity index is 1.68. The molecule has 1 aromatic rings. The van der Waals surface area contributed by atoms with E-state index in [1.807, 2.05) is 0 Å². The lowest BCUT2D eigenvalue weighted by Gasteiger charge is -2.33. The van der Waals surface area contributed by atoms with E-state index in [1.165, 1.54) is 24.0 Å². The Labute approximate surface area is 109 Å². The zero-order valence-corrected chi connectivity index (χ0v) is 11.1. The molecule has 3 heteroatoms. The molecule has 0 spiro atoms. The fourth-order valence-electron chi connectivity index (χ4n) is 2.86. The minimum atomic E-state index is 0.333. The van der Waals surface area contributed by atoms with Gasteiger partial charge in [-0.2, -0.15) is 0 Å². The van der Waals surface area contributed by atoms with Crippen LogP contribution in [0, 0.1) is 5.41 Å². The zero-order valence-electron chi connectivity index (χ0n) is 11.1. The lowest BCUT2D eigenvalue weighted by atomic mass is 9.82. The lowest BCUT2D eigenvalue weighted by molar-refractivity contribution is 0.123. The van der Waals surface area contributed by atoms with Gasteiger partial charge in [0.1, 0.15) is 5.75 Å². The molecule has 98 valence electrons. The predicted octanol–water partition coefficient (Wildman–Crippen LogP) is 2.06. The maximum Gasteiger partial charge on any atom is 0.124 e. The van der Waals surface area contributed by atoms with E-state index in [0.29, 0.717) is 5.41 Å². The lowest BCUT2D eigenvalue weighted by Crippen LogP contribution is -2.38. The van der Waals surface area contributed by atoms with Crippen LogP contribution in [0.3, 0.4) is 0 Å². The van der Waals surface area contributed by atoms with E-state index >= 15 is 0 Å². The van der Waals surface area contributed by atoms with Crippen LogP contribution in [0.1, 0.15) is 30.9 Å². The van der Waals surface area contributed by atoms with Crippen molar-refractivity contribution in [3.05, 3.63) is 29.3 Å². The van der Waals surface area contributed by atoms with E-state index in [4.69, 9.17) is 4.74 Å². The van der Waals surface area contributed by atoms with Gasteiger partial charge < -0.3 is 15.4 Å². The van der Waals surface area contributed by atoms with Crippen molar-refractivity contribution in [3.8, 4) is 5.75 Å². The molecule has 3 rings (SSSR count). The normalized spacial score (nSPS) is 21.6. The highest BCUT2D eigenvalue weighted by molar-refractivity contribution is 5.42. The van der Waals surface area contributed by atoms with Crippen molar-refractivity contribution in [3.63, 3.8) is 0 Å². The van der Waals surface area contributed by atoms with Crippen LogP contribution in [0.5, 0.6) is 5.75 Å². The summed E-state index contributed by atoms with van der Waals surface area (Å²) in [6.07, 6.45) is 2.42. The first-order valence-electron chi connectivity index (χ1n) is 6.92. The van der Waals surface area contributed by atoms with E-state index in [2.05, 4.69) is 35.8 Å². The van der Waals surface area contributed by atoms with Gasteiger partial charge in [0.2, 0.25) is 0 Å². The molecule has 0 aromatic heterocycles. The largest absolute Gasteiger partial charge is 0.493 e. The summed E-state index contributed by atoms with van der Waals surface area (Å²) in [6.45, 7) is 7.35. The Bertz CT molecular complexity index is 425. The first kappa shape index (κ1) is 12.0. The average Bonchev–Trinajstić information content (AvgIpc) is 2.86. The third-order valence-electron chi connectivity index (χ3n) is 4.23. The van der Waals surface area contributed by atoms with Crippen LogP contribution in [-0.2, 0) is 13.1 Å². The fraction of sp³-hybridized carbons (Fsp3) is 0.600. The fourth-order valence-corrected chi connectivity index (χ4v) is 2.86. The number of hydrogen-bond acceptors (Lipinski definition) is 3. The third-order valence-corrected chi connectivity index (χ3v) is 4.23. The highest BCUT2D eigenvalue weighted by Gasteiger charge is 2.28. The van der Waals surface area contributed by atoms with Gasteiger partial charge in [0.05, 0.1) is 6.61 Å². The summed E-state index contributed by atoms with van der Waals surface area (Å²) < 4.78 is 6.12. The molecule has 0 bridgehead atoms. The molecule has 0 unspecified atom stereocenters. The van der Waals surface area contributed by atoms with Crippen molar-refractivity contribution in [2.75, 3.05) is 19.7 Å². The summed E-state index contributed by atoms with van der Waals surface area (Å²) in [5.74, 6) is 1.08. The highest BCUT2D eigenvalue weighted by atomic mass is 16.5. The van der Waals surface area contributed by atoms with Crippen LogP contribution in [0.2, 0.25) is 0 Å². The number of benzene rings is 1. The van der Waals surface area contributed by atoms with Gasteiger partial charge in [-0.15, -0.1) is 0 Å². The van der Waals surface area contributed by atoms with Gasteiger partial charge in [-0.3, -0.25) is 0 Å². The van der Waals surface area contributed by atoms with Gasteiger partial charge in [-0.1, -0.05) is 19.1 Å². The van der Waals surface area contributed by atoms with E-state index < -0.39 is 0 Å². The number of hydrogen-bond donors (Lipinski definition) is 2. The highest BCUT2D eigenvalue weighted by Crippen LogP contribution is 2.31. The number of piperidine rings is 1. The van der Waals surface area contributed by atoms with Crippen molar-refractivity contribution >= 4 is 0 Å². The molecule has 18 heavy (non-hydrogen) atoms. The smallest absolute Gasteiger partial charge is 0.124 e. The van der Waals surface area contributed by atoms with Crippen molar-refractivity contribution in [2.24, 2.45) is 5.41 Å². The Morgan fingerprint density at radius 2 is 2.00 bits per heavy atom. The summed E-state index contributed by atoms with van der Waals surface area (Å²) in [5.41, 5.74) is 3.08. The number of fused-ring (bicyclic) bond motifs is 1. The van der Waals surface area contributed by atoms with E-state index in [0.717, 1.165) is 38.5 Å². The minimum Gasteiger partial charge on any atom is -0.493 e.